The number of benzene rings is 3. The van der Waals surface area contributed by atoms with Crippen LogP contribution in [0.3, 0.4) is 0 Å². The van der Waals surface area contributed by atoms with E-state index in [9.17, 15) is 19.5 Å². The summed E-state index contributed by atoms with van der Waals surface area (Å²) in [6, 6.07) is 26.0. The van der Waals surface area contributed by atoms with Gasteiger partial charge in [-0.05, 0) is 54.5 Å². The highest BCUT2D eigenvalue weighted by Crippen LogP contribution is 2.16. The summed E-state index contributed by atoms with van der Waals surface area (Å²) in [4.78, 5) is 38.5. The molecule has 0 bridgehead atoms. The number of ether oxygens (including phenoxy) is 2. The van der Waals surface area contributed by atoms with E-state index in [2.05, 4.69) is 23.8 Å². The molecule has 0 aliphatic rings. The number of esters is 1. The highest BCUT2D eigenvalue weighted by Gasteiger charge is 2.25. The largest absolute Gasteiger partial charge is 0.489 e. The lowest BCUT2D eigenvalue weighted by atomic mass is 9.98. The SMILES string of the molecule is C=CCCC(=O)OCC(Cc1ccccc1)NC(=O)C(CC=C)CC(=O)NC(CO)Cc1ccc(OCc2ccccc2)cc1. The second-order valence-electron chi connectivity index (χ2n) is 10.9. The molecule has 3 atom stereocenters. The third-order valence-electron chi connectivity index (χ3n) is 7.16. The zero-order valence-corrected chi connectivity index (χ0v) is 25.7. The van der Waals surface area contributed by atoms with Gasteiger partial charge in [-0.3, -0.25) is 14.4 Å². The Hall–Kier alpha value is -4.69. The molecule has 45 heavy (non-hydrogen) atoms. The highest BCUT2D eigenvalue weighted by molar-refractivity contribution is 5.86. The first kappa shape index (κ1) is 34.8. The molecule has 3 rings (SSSR count). The Bertz CT molecular complexity index is 1340. The van der Waals surface area contributed by atoms with E-state index in [0.29, 0.717) is 25.9 Å². The standard InChI is InChI=1S/C37H44N2O6/c1-3-5-17-36(42)45-27-33(23-28-13-8-6-9-14-28)39-37(43)31(12-4-2)24-35(41)38-32(25-40)22-29-18-20-34(21-19-29)44-26-30-15-10-7-11-16-30/h3-4,6-11,13-16,18-21,31-33,40H,1-2,5,12,17,22-27H2,(H,38,41)(H,39,43). The Morgan fingerprint density at radius 2 is 1.40 bits per heavy atom. The predicted octanol–water partition coefficient (Wildman–Crippen LogP) is 5.10. The van der Waals surface area contributed by atoms with Gasteiger partial charge in [0, 0.05) is 12.8 Å². The Balaban J connectivity index is 1.55. The van der Waals surface area contributed by atoms with E-state index in [1.165, 1.54) is 0 Å². The highest BCUT2D eigenvalue weighted by atomic mass is 16.5. The molecule has 0 fully saturated rings. The molecule has 3 N–H and O–H groups in total. The van der Waals surface area contributed by atoms with E-state index in [-0.39, 0.29) is 50.3 Å². The molecule has 0 saturated heterocycles. The van der Waals surface area contributed by atoms with Crippen molar-refractivity contribution in [2.24, 2.45) is 5.92 Å². The van der Waals surface area contributed by atoms with E-state index in [4.69, 9.17) is 9.47 Å². The first-order valence-electron chi connectivity index (χ1n) is 15.3. The Labute approximate surface area is 266 Å². The Morgan fingerprint density at radius 3 is 2.02 bits per heavy atom. The maximum absolute atomic E-state index is 13.4. The van der Waals surface area contributed by atoms with Gasteiger partial charge in [0.15, 0.2) is 0 Å². The predicted molar refractivity (Wildman–Crippen MR) is 175 cm³/mol. The molecular weight excluding hydrogens is 568 g/mol. The number of carbonyl (C=O) groups is 3. The van der Waals surface area contributed by atoms with Crippen LogP contribution in [0.4, 0.5) is 0 Å². The van der Waals surface area contributed by atoms with Crippen molar-refractivity contribution in [3.8, 4) is 5.75 Å². The van der Waals surface area contributed by atoms with Crippen LogP contribution < -0.4 is 15.4 Å². The zero-order chi connectivity index (χ0) is 32.3. The molecule has 0 radical (unpaired) electrons. The lowest BCUT2D eigenvalue weighted by Crippen LogP contribution is -2.45. The summed E-state index contributed by atoms with van der Waals surface area (Å²) in [7, 11) is 0. The fourth-order valence-electron chi connectivity index (χ4n) is 4.76. The number of amides is 2. The smallest absolute Gasteiger partial charge is 0.306 e. The van der Waals surface area contributed by atoms with Crippen molar-refractivity contribution in [3.63, 3.8) is 0 Å². The molecular formula is C37H44N2O6. The topological polar surface area (TPSA) is 114 Å². The quantitative estimate of drug-likeness (QED) is 0.121. The van der Waals surface area contributed by atoms with Crippen molar-refractivity contribution >= 4 is 17.8 Å². The number of rotatable bonds is 20. The molecule has 2 amide bonds. The number of allylic oxidation sites excluding steroid dienone is 2. The molecule has 3 unspecified atom stereocenters. The van der Waals surface area contributed by atoms with Crippen molar-refractivity contribution < 1.29 is 29.0 Å². The Morgan fingerprint density at radius 1 is 0.778 bits per heavy atom. The van der Waals surface area contributed by atoms with E-state index < -0.39 is 18.0 Å². The fraction of sp³-hybridized carbons (Fsp3) is 0.324. The van der Waals surface area contributed by atoms with Gasteiger partial charge in [-0.2, -0.15) is 0 Å². The summed E-state index contributed by atoms with van der Waals surface area (Å²) in [5.74, 6) is -1.01. The number of aliphatic hydroxyl groups is 1. The molecule has 0 aromatic heterocycles. The normalized spacial score (nSPS) is 12.6. The van der Waals surface area contributed by atoms with Gasteiger partial charge >= 0.3 is 5.97 Å². The van der Waals surface area contributed by atoms with E-state index in [1.807, 2.05) is 84.9 Å². The van der Waals surface area contributed by atoms with Crippen molar-refractivity contribution in [2.75, 3.05) is 13.2 Å². The lowest BCUT2D eigenvalue weighted by molar-refractivity contribution is -0.145. The van der Waals surface area contributed by atoms with Crippen molar-refractivity contribution in [3.05, 3.63) is 127 Å². The third-order valence-corrected chi connectivity index (χ3v) is 7.16. The van der Waals surface area contributed by atoms with E-state index in [1.54, 1.807) is 12.2 Å². The minimum atomic E-state index is -0.683. The van der Waals surface area contributed by atoms with Crippen LogP contribution in [0.25, 0.3) is 0 Å². The summed E-state index contributed by atoms with van der Waals surface area (Å²) in [5.41, 5.74) is 2.97. The van der Waals surface area contributed by atoms with Crippen LogP contribution in [-0.4, -0.2) is 48.2 Å². The summed E-state index contributed by atoms with van der Waals surface area (Å²) in [6.45, 7) is 7.59. The number of hydrogen-bond acceptors (Lipinski definition) is 6. The van der Waals surface area contributed by atoms with E-state index in [0.717, 1.165) is 22.4 Å². The fourth-order valence-corrected chi connectivity index (χ4v) is 4.76. The molecule has 0 aliphatic carbocycles. The first-order chi connectivity index (χ1) is 21.9. The van der Waals surface area contributed by atoms with Crippen LogP contribution in [0.15, 0.2) is 110 Å². The summed E-state index contributed by atoms with van der Waals surface area (Å²) in [6.07, 6.45) is 5.04. The number of nitrogens with one attached hydrogen (secondary N) is 2. The third kappa shape index (κ3) is 13.2. The molecule has 0 saturated carbocycles. The molecule has 0 heterocycles. The minimum absolute atomic E-state index is 0.00624. The maximum atomic E-state index is 13.4. The Kier molecular flexibility index (Phi) is 15.1. The monoisotopic (exact) mass is 612 g/mol. The molecule has 238 valence electrons. The molecule has 8 nitrogen and oxygen atoms in total. The number of carbonyl (C=O) groups excluding carboxylic acids is 3. The van der Waals surface area contributed by atoms with Gasteiger partial charge in [-0.1, -0.05) is 84.9 Å². The molecule has 3 aromatic carbocycles. The van der Waals surface area contributed by atoms with Crippen LogP contribution in [-0.2, 0) is 38.6 Å². The van der Waals surface area contributed by atoms with Crippen LogP contribution in [0.5, 0.6) is 5.75 Å². The van der Waals surface area contributed by atoms with Gasteiger partial charge in [-0.25, -0.2) is 0 Å². The van der Waals surface area contributed by atoms with Gasteiger partial charge in [-0.15, -0.1) is 13.2 Å². The van der Waals surface area contributed by atoms with Gasteiger partial charge in [0.2, 0.25) is 11.8 Å². The van der Waals surface area contributed by atoms with Gasteiger partial charge in [0.25, 0.3) is 0 Å². The first-order valence-corrected chi connectivity index (χ1v) is 15.3. The van der Waals surface area contributed by atoms with Crippen molar-refractivity contribution in [2.45, 2.75) is 57.2 Å². The van der Waals surface area contributed by atoms with Crippen molar-refractivity contribution in [1.82, 2.24) is 10.6 Å². The van der Waals surface area contributed by atoms with Gasteiger partial charge in [0.05, 0.1) is 24.6 Å². The van der Waals surface area contributed by atoms with Crippen LogP contribution >= 0.6 is 0 Å². The second-order valence-corrected chi connectivity index (χ2v) is 10.9. The zero-order valence-electron chi connectivity index (χ0n) is 25.7. The molecule has 0 aliphatic heterocycles. The van der Waals surface area contributed by atoms with Crippen molar-refractivity contribution in [1.29, 1.82) is 0 Å². The van der Waals surface area contributed by atoms with E-state index >= 15 is 0 Å². The number of aliphatic hydroxyl groups excluding tert-OH is 1. The van der Waals surface area contributed by atoms with Crippen LogP contribution in [0, 0.1) is 5.92 Å². The minimum Gasteiger partial charge on any atom is -0.489 e. The maximum Gasteiger partial charge on any atom is 0.306 e. The molecule has 8 heteroatoms. The summed E-state index contributed by atoms with van der Waals surface area (Å²) in [5, 5.41) is 15.8. The second kappa shape index (κ2) is 19.6. The van der Waals surface area contributed by atoms with Crippen LogP contribution in [0.2, 0.25) is 0 Å². The van der Waals surface area contributed by atoms with Gasteiger partial charge in [0.1, 0.15) is 19.0 Å². The molecule has 3 aromatic rings. The molecule has 0 spiro atoms. The number of hydrogen-bond donors (Lipinski definition) is 3. The average molecular weight is 613 g/mol. The van der Waals surface area contributed by atoms with Gasteiger partial charge < -0.3 is 25.2 Å². The summed E-state index contributed by atoms with van der Waals surface area (Å²) < 4.78 is 11.3. The van der Waals surface area contributed by atoms with Crippen LogP contribution in [0.1, 0.15) is 42.4 Å². The summed E-state index contributed by atoms with van der Waals surface area (Å²) >= 11 is 0. The average Bonchev–Trinajstić information content (AvgIpc) is 3.06. The lowest BCUT2D eigenvalue weighted by Gasteiger charge is -2.23.